The van der Waals surface area contributed by atoms with Crippen LogP contribution in [0.3, 0.4) is 0 Å². The van der Waals surface area contributed by atoms with Crippen molar-refractivity contribution in [2.75, 3.05) is 20.1 Å². The second-order valence-corrected chi connectivity index (χ2v) is 6.91. The molecule has 0 aliphatic heterocycles. The Kier molecular flexibility index (Phi) is 6.97. The highest BCUT2D eigenvalue weighted by atomic mass is 16.6. The van der Waals surface area contributed by atoms with Crippen molar-refractivity contribution < 1.29 is 9.53 Å². The Labute approximate surface area is 134 Å². The molecule has 1 amide bonds. The molecule has 1 aliphatic rings. The predicted molar refractivity (Wildman–Crippen MR) is 90.2 cm³/mol. The van der Waals surface area contributed by atoms with Crippen LogP contribution in [-0.4, -0.2) is 54.8 Å². The highest BCUT2D eigenvalue weighted by Crippen LogP contribution is 2.18. The molecular formula is C16H32N4O2. The zero-order valence-corrected chi connectivity index (χ0v) is 14.9. The molecule has 0 aromatic heterocycles. The van der Waals surface area contributed by atoms with Crippen LogP contribution in [0.4, 0.5) is 4.79 Å². The third-order valence-corrected chi connectivity index (χ3v) is 3.42. The van der Waals surface area contributed by atoms with Gasteiger partial charge < -0.3 is 20.3 Å². The summed E-state index contributed by atoms with van der Waals surface area (Å²) in [5.41, 5.74) is -0.463. The Hall–Kier alpha value is -1.46. The number of ether oxygens (including phenoxy) is 1. The number of nitrogens with zero attached hydrogens (tertiary/aromatic N) is 2. The van der Waals surface area contributed by atoms with Crippen LogP contribution in [0.25, 0.3) is 0 Å². The van der Waals surface area contributed by atoms with Crippen LogP contribution in [0, 0.1) is 0 Å². The molecular weight excluding hydrogens is 280 g/mol. The Morgan fingerprint density at radius 2 is 2.05 bits per heavy atom. The van der Waals surface area contributed by atoms with Crippen molar-refractivity contribution in [3.63, 3.8) is 0 Å². The molecule has 0 aromatic rings. The lowest BCUT2D eigenvalue weighted by molar-refractivity contribution is 0.0231. The molecule has 6 heteroatoms. The lowest BCUT2D eigenvalue weighted by atomic mass is 10.2. The van der Waals surface area contributed by atoms with E-state index in [1.807, 2.05) is 27.7 Å². The summed E-state index contributed by atoms with van der Waals surface area (Å²) in [6.07, 6.45) is 2.97. The first-order chi connectivity index (χ1) is 10.2. The van der Waals surface area contributed by atoms with Crippen molar-refractivity contribution in [2.45, 2.75) is 71.6 Å². The summed E-state index contributed by atoms with van der Waals surface area (Å²) in [5, 5.41) is 6.63. The van der Waals surface area contributed by atoms with Gasteiger partial charge in [-0.25, -0.2) is 4.79 Å². The number of rotatable bonds is 6. The summed E-state index contributed by atoms with van der Waals surface area (Å²) in [6.45, 7) is 11.2. The van der Waals surface area contributed by atoms with Crippen LogP contribution in [0.15, 0.2) is 4.99 Å². The van der Waals surface area contributed by atoms with Crippen LogP contribution < -0.4 is 10.6 Å². The summed E-state index contributed by atoms with van der Waals surface area (Å²) in [5.74, 6) is 0.872. The second-order valence-electron chi connectivity index (χ2n) is 6.91. The monoisotopic (exact) mass is 312 g/mol. The van der Waals surface area contributed by atoms with E-state index in [9.17, 15) is 4.79 Å². The first kappa shape index (κ1) is 18.6. The molecule has 1 aliphatic carbocycles. The van der Waals surface area contributed by atoms with E-state index < -0.39 is 5.60 Å². The van der Waals surface area contributed by atoms with Crippen molar-refractivity contribution >= 4 is 12.1 Å². The smallest absolute Gasteiger partial charge is 0.410 e. The van der Waals surface area contributed by atoms with Gasteiger partial charge in [0.1, 0.15) is 5.60 Å². The van der Waals surface area contributed by atoms with E-state index in [0.29, 0.717) is 12.6 Å². The van der Waals surface area contributed by atoms with Crippen LogP contribution in [0.2, 0.25) is 0 Å². The lowest BCUT2D eigenvalue weighted by Crippen LogP contribution is -2.40. The zero-order chi connectivity index (χ0) is 16.8. The summed E-state index contributed by atoms with van der Waals surface area (Å²) in [4.78, 5) is 18.2. The van der Waals surface area contributed by atoms with Crippen LogP contribution in [-0.2, 0) is 4.74 Å². The van der Waals surface area contributed by atoms with Crippen LogP contribution in [0.5, 0.6) is 0 Å². The molecule has 1 atom stereocenters. The second kappa shape index (κ2) is 8.25. The molecule has 0 radical (unpaired) electrons. The summed E-state index contributed by atoms with van der Waals surface area (Å²) in [7, 11) is 1.77. The van der Waals surface area contributed by atoms with Crippen molar-refractivity contribution in [3.05, 3.63) is 0 Å². The molecule has 2 N–H and O–H groups in total. The third kappa shape index (κ3) is 7.52. The zero-order valence-electron chi connectivity index (χ0n) is 14.9. The minimum atomic E-state index is -0.463. The Bertz CT molecular complexity index is 386. The summed E-state index contributed by atoms with van der Waals surface area (Å²) < 4.78 is 5.37. The van der Waals surface area contributed by atoms with Gasteiger partial charge in [0, 0.05) is 32.2 Å². The number of guanidine groups is 1. The molecule has 1 fully saturated rings. The normalized spacial score (nSPS) is 16.9. The van der Waals surface area contributed by atoms with Gasteiger partial charge in [0.2, 0.25) is 0 Å². The minimum absolute atomic E-state index is 0.0856. The average Bonchev–Trinajstić information content (AvgIpc) is 3.19. The number of amides is 1. The molecule has 0 spiro atoms. The number of carbonyl (C=O) groups is 1. The van der Waals surface area contributed by atoms with E-state index in [2.05, 4.69) is 22.5 Å². The SMILES string of the molecule is CCNC(=NCCC(C)N(C)C(=O)OC(C)(C)C)NC1CC1. The van der Waals surface area contributed by atoms with E-state index in [4.69, 9.17) is 4.74 Å². The van der Waals surface area contributed by atoms with Gasteiger partial charge in [0.25, 0.3) is 0 Å². The number of hydrogen-bond acceptors (Lipinski definition) is 3. The van der Waals surface area contributed by atoms with Crippen molar-refractivity contribution in [1.29, 1.82) is 0 Å². The Morgan fingerprint density at radius 3 is 2.55 bits per heavy atom. The molecule has 1 saturated carbocycles. The minimum Gasteiger partial charge on any atom is -0.444 e. The molecule has 1 unspecified atom stereocenters. The molecule has 0 heterocycles. The molecule has 0 bridgehead atoms. The highest BCUT2D eigenvalue weighted by molar-refractivity contribution is 5.80. The third-order valence-electron chi connectivity index (χ3n) is 3.42. The fourth-order valence-corrected chi connectivity index (χ4v) is 1.81. The molecule has 1 rings (SSSR count). The van der Waals surface area contributed by atoms with Gasteiger partial charge in [0.05, 0.1) is 0 Å². The summed E-state index contributed by atoms with van der Waals surface area (Å²) >= 11 is 0. The van der Waals surface area contributed by atoms with Crippen molar-refractivity contribution in [3.8, 4) is 0 Å². The van der Waals surface area contributed by atoms with E-state index in [-0.39, 0.29) is 12.1 Å². The van der Waals surface area contributed by atoms with Gasteiger partial charge in [-0.3, -0.25) is 4.99 Å². The molecule has 22 heavy (non-hydrogen) atoms. The molecule has 0 aromatic carbocycles. The van der Waals surface area contributed by atoms with Gasteiger partial charge in [-0.2, -0.15) is 0 Å². The largest absolute Gasteiger partial charge is 0.444 e. The maximum Gasteiger partial charge on any atom is 0.410 e. The quantitative estimate of drug-likeness (QED) is 0.583. The maximum atomic E-state index is 12.0. The first-order valence-corrected chi connectivity index (χ1v) is 8.23. The average molecular weight is 312 g/mol. The van der Waals surface area contributed by atoms with E-state index in [1.54, 1.807) is 11.9 Å². The fourth-order valence-electron chi connectivity index (χ4n) is 1.81. The van der Waals surface area contributed by atoms with E-state index >= 15 is 0 Å². The highest BCUT2D eigenvalue weighted by Gasteiger charge is 2.23. The van der Waals surface area contributed by atoms with Gasteiger partial charge in [-0.1, -0.05) is 0 Å². The van der Waals surface area contributed by atoms with Crippen molar-refractivity contribution in [2.24, 2.45) is 4.99 Å². The Balaban J connectivity index is 2.39. The van der Waals surface area contributed by atoms with Gasteiger partial charge in [-0.05, 0) is 53.9 Å². The topological polar surface area (TPSA) is 66.0 Å². The van der Waals surface area contributed by atoms with Crippen molar-refractivity contribution in [1.82, 2.24) is 15.5 Å². The number of aliphatic imine (C=N–C) groups is 1. The predicted octanol–water partition coefficient (Wildman–Crippen LogP) is 2.35. The van der Waals surface area contributed by atoms with Gasteiger partial charge >= 0.3 is 6.09 Å². The Morgan fingerprint density at radius 1 is 1.41 bits per heavy atom. The van der Waals surface area contributed by atoms with Crippen LogP contribution >= 0.6 is 0 Å². The number of hydrogen-bond donors (Lipinski definition) is 2. The van der Waals surface area contributed by atoms with E-state index in [1.165, 1.54) is 12.8 Å². The van der Waals surface area contributed by atoms with E-state index in [0.717, 1.165) is 18.9 Å². The summed E-state index contributed by atoms with van der Waals surface area (Å²) in [6, 6.07) is 0.669. The van der Waals surface area contributed by atoms with Crippen LogP contribution in [0.1, 0.15) is 53.9 Å². The maximum absolute atomic E-state index is 12.0. The lowest BCUT2D eigenvalue weighted by Gasteiger charge is -2.28. The molecule has 6 nitrogen and oxygen atoms in total. The molecule has 0 saturated heterocycles. The van der Waals surface area contributed by atoms with Gasteiger partial charge in [0.15, 0.2) is 5.96 Å². The molecule has 128 valence electrons. The number of nitrogens with one attached hydrogen (secondary N) is 2. The standard InChI is InChI=1S/C16H32N4O2/c1-7-17-14(19-13-8-9-13)18-11-10-12(2)20(6)15(21)22-16(3,4)5/h12-13H,7-11H2,1-6H3,(H2,17,18,19). The number of carbonyl (C=O) groups excluding carboxylic acids is 1. The fraction of sp³-hybridized carbons (Fsp3) is 0.875. The van der Waals surface area contributed by atoms with Gasteiger partial charge in [-0.15, -0.1) is 0 Å². The first-order valence-electron chi connectivity index (χ1n) is 8.23.